The Morgan fingerprint density at radius 3 is 1.81 bits per heavy atom. The average Bonchev–Trinajstić information content (AvgIpc) is 3.20. The predicted molar refractivity (Wildman–Crippen MR) is 89.5 cm³/mol. The molecule has 0 heterocycles. The first kappa shape index (κ1) is 18.5. The number of hydrogen-bond donors (Lipinski definition) is 1. The van der Waals surface area contributed by atoms with E-state index in [4.69, 9.17) is 5.11 Å². The van der Waals surface area contributed by atoms with Crippen molar-refractivity contribution in [1.29, 1.82) is 0 Å². The maximum atomic E-state index is 10.4. The largest absolute Gasteiger partial charge is 0.481 e. The normalized spacial score (nSPS) is 20.6. The minimum atomic E-state index is -0.648. The van der Waals surface area contributed by atoms with E-state index in [0.717, 1.165) is 24.7 Å². The second kappa shape index (κ2) is 12.1. The van der Waals surface area contributed by atoms with Crippen molar-refractivity contribution >= 4 is 5.97 Å². The fourth-order valence-electron chi connectivity index (χ4n) is 3.42. The minimum absolute atomic E-state index is 0.350. The molecule has 0 aromatic heterocycles. The van der Waals surface area contributed by atoms with Crippen LogP contribution in [-0.2, 0) is 4.79 Å². The van der Waals surface area contributed by atoms with Gasteiger partial charge >= 0.3 is 5.97 Å². The van der Waals surface area contributed by atoms with Gasteiger partial charge in [-0.1, -0.05) is 84.0 Å². The molecular weight excluding hydrogens is 260 g/mol. The van der Waals surface area contributed by atoms with E-state index in [1.807, 2.05) is 0 Å². The molecule has 1 N–H and O–H groups in total. The molecule has 0 aromatic carbocycles. The summed E-state index contributed by atoms with van der Waals surface area (Å²) < 4.78 is 0. The highest BCUT2D eigenvalue weighted by Gasteiger charge is 2.34. The topological polar surface area (TPSA) is 37.3 Å². The van der Waals surface area contributed by atoms with Crippen LogP contribution < -0.4 is 0 Å². The summed E-state index contributed by atoms with van der Waals surface area (Å²) in [7, 11) is 0. The van der Waals surface area contributed by atoms with Crippen molar-refractivity contribution in [2.24, 2.45) is 11.8 Å². The van der Waals surface area contributed by atoms with E-state index < -0.39 is 5.97 Å². The summed E-state index contributed by atoms with van der Waals surface area (Å²) in [5.74, 6) is 1.45. The molecule has 2 heteroatoms. The fraction of sp³-hybridized carbons (Fsp3) is 0.947. The first-order valence-corrected chi connectivity index (χ1v) is 9.45. The lowest BCUT2D eigenvalue weighted by Crippen LogP contribution is -1.93. The molecule has 21 heavy (non-hydrogen) atoms. The standard InChI is InChI=1S/C19H36O2/c1-2-3-4-5-7-10-13-17-16-18(17)14-11-8-6-9-12-15-19(20)21/h17-18H,2-16H2,1H3,(H,20,21)/t17?,18-/m1/s1. The van der Waals surface area contributed by atoms with E-state index in [0.29, 0.717) is 6.42 Å². The summed E-state index contributed by atoms with van der Waals surface area (Å²) in [5, 5.41) is 8.56. The minimum Gasteiger partial charge on any atom is -0.481 e. The lowest BCUT2D eigenvalue weighted by Gasteiger charge is -2.02. The zero-order valence-corrected chi connectivity index (χ0v) is 14.1. The molecular formula is C19H36O2. The van der Waals surface area contributed by atoms with E-state index in [1.165, 1.54) is 77.0 Å². The second-order valence-corrected chi connectivity index (χ2v) is 7.01. The van der Waals surface area contributed by atoms with E-state index in [9.17, 15) is 4.79 Å². The van der Waals surface area contributed by atoms with Crippen LogP contribution in [0.2, 0.25) is 0 Å². The van der Waals surface area contributed by atoms with Crippen molar-refractivity contribution < 1.29 is 9.90 Å². The van der Waals surface area contributed by atoms with Crippen molar-refractivity contribution in [3.8, 4) is 0 Å². The molecule has 0 amide bonds. The van der Waals surface area contributed by atoms with E-state index in [2.05, 4.69) is 6.92 Å². The number of rotatable bonds is 15. The molecule has 2 atom stereocenters. The van der Waals surface area contributed by atoms with Crippen LogP contribution >= 0.6 is 0 Å². The van der Waals surface area contributed by atoms with Gasteiger partial charge in [0, 0.05) is 6.42 Å². The van der Waals surface area contributed by atoms with Crippen molar-refractivity contribution in [1.82, 2.24) is 0 Å². The van der Waals surface area contributed by atoms with Gasteiger partial charge in [0.25, 0.3) is 0 Å². The van der Waals surface area contributed by atoms with Crippen LogP contribution in [0.3, 0.4) is 0 Å². The Balaban J connectivity index is 1.77. The van der Waals surface area contributed by atoms with Gasteiger partial charge in [-0.2, -0.15) is 0 Å². The molecule has 0 spiro atoms. The quantitative estimate of drug-likeness (QED) is 0.366. The Morgan fingerprint density at radius 2 is 1.29 bits per heavy atom. The Kier molecular flexibility index (Phi) is 10.6. The van der Waals surface area contributed by atoms with Crippen molar-refractivity contribution in [3.05, 3.63) is 0 Å². The number of carbonyl (C=O) groups is 1. The Labute approximate surface area is 131 Å². The Hall–Kier alpha value is -0.530. The van der Waals surface area contributed by atoms with Crippen molar-refractivity contribution in [3.63, 3.8) is 0 Å². The average molecular weight is 296 g/mol. The summed E-state index contributed by atoms with van der Waals surface area (Å²) in [4.78, 5) is 10.4. The molecule has 0 bridgehead atoms. The molecule has 0 radical (unpaired) electrons. The first-order valence-electron chi connectivity index (χ1n) is 9.45. The third-order valence-corrected chi connectivity index (χ3v) is 4.96. The van der Waals surface area contributed by atoms with E-state index in [1.54, 1.807) is 0 Å². The number of carboxylic acid groups (broad SMARTS) is 1. The molecule has 1 saturated carbocycles. The van der Waals surface area contributed by atoms with Crippen LogP contribution in [0, 0.1) is 11.8 Å². The summed E-state index contributed by atoms with van der Waals surface area (Å²) in [6, 6.07) is 0. The lowest BCUT2D eigenvalue weighted by molar-refractivity contribution is -0.137. The highest BCUT2D eigenvalue weighted by Crippen LogP contribution is 2.45. The van der Waals surface area contributed by atoms with Crippen LogP contribution in [-0.4, -0.2) is 11.1 Å². The van der Waals surface area contributed by atoms with Gasteiger partial charge in [0.1, 0.15) is 0 Å². The van der Waals surface area contributed by atoms with Crippen LogP contribution in [0.15, 0.2) is 0 Å². The van der Waals surface area contributed by atoms with Crippen LogP contribution in [0.25, 0.3) is 0 Å². The van der Waals surface area contributed by atoms with Crippen LogP contribution in [0.4, 0.5) is 0 Å². The van der Waals surface area contributed by atoms with Gasteiger partial charge in [-0.3, -0.25) is 4.79 Å². The maximum Gasteiger partial charge on any atom is 0.303 e. The molecule has 0 aromatic rings. The second-order valence-electron chi connectivity index (χ2n) is 7.01. The van der Waals surface area contributed by atoms with Gasteiger partial charge in [0.15, 0.2) is 0 Å². The molecule has 1 aliphatic carbocycles. The molecule has 1 rings (SSSR count). The van der Waals surface area contributed by atoms with E-state index in [-0.39, 0.29) is 0 Å². The van der Waals surface area contributed by atoms with Gasteiger partial charge in [-0.05, 0) is 24.7 Å². The molecule has 1 unspecified atom stereocenters. The maximum absolute atomic E-state index is 10.4. The number of hydrogen-bond acceptors (Lipinski definition) is 1. The highest BCUT2D eigenvalue weighted by atomic mass is 16.4. The molecule has 1 fully saturated rings. The molecule has 124 valence electrons. The predicted octanol–water partition coefficient (Wildman–Crippen LogP) is 6.19. The van der Waals surface area contributed by atoms with E-state index >= 15 is 0 Å². The third kappa shape index (κ3) is 10.8. The SMILES string of the molecule is CCCCCCCCC1C[C@H]1CCCCCCCC(=O)O. The van der Waals surface area contributed by atoms with Crippen molar-refractivity contribution in [2.45, 2.75) is 103 Å². The van der Waals surface area contributed by atoms with Gasteiger partial charge in [0.05, 0.1) is 0 Å². The van der Waals surface area contributed by atoms with Crippen molar-refractivity contribution in [2.75, 3.05) is 0 Å². The molecule has 0 saturated heterocycles. The lowest BCUT2D eigenvalue weighted by atomic mass is 10.0. The first-order chi connectivity index (χ1) is 10.2. The van der Waals surface area contributed by atoms with Gasteiger partial charge in [0.2, 0.25) is 0 Å². The summed E-state index contributed by atoms with van der Waals surface area (Å²) >= 11 is 0. The Bertz CT molecular complexity index is 262. The highest BCUT2D eigenvalue weighted by molar-refractivity contribution is 5.66. The number of carboxylic acids is 1. The van der Waals surface area contributed by atoms with Gasteiger partial charge < -0.3 is 5.11 Å². The number of unbranched alkanes of at least 4 members (excludes halogenated alkanes) is 9. The smallest absolute Gasteiger partial charge is 0.303 e. The summed E-state index contributed by atoms with van der Waals surface area (Å²) in [6.07, 6.45) is 19.2. The molecule has 0 aliphatic heterocycles. The molecule has 1 aliphatic rings. The number of aliphatic carboxylic acids is 1. The Morgan fingerprint density at radius 1 is 0.810 bits per heavy atom. The molecule has 2 nitrogen and oxygen atoms in total. The van der Waals surface area contributed by atoms with Crippen LogP contribution in [0.5, 0.6) is 0 Å². The zero-order chi connectivity index (χ0) is 15.3. The van der Waals surface area contributed by atoms with Gasteiger partial charge in [-0.15, -0.1) is 0 Å². The summed E-state index contributed by atoms with van der Waals surface area (Å²) in [6.45, 7) is 2.28. The monoisotopic (exact) mass is 296 g/mol. The zero-order valence-electron chi connectivity index (χ0n) is 14.1. The fourth-order valence-corrected chi connectivity index (χ4v) is 3.42. The third-order valence-electron chi connectivity index (χ3n) is 4.96. The van der Waals surface area contributed by atoms with Crippen LogP contribution in [0.1, 0.15) is 103 Å². The summed E-state index contributed by atoms with van der Waals surface area (Å²) in [5.41, 5.74) is 0. The van der Waals surface area contributed by atoms with Gasteiger partial charge in [-0.25, -0.2) is 0 Å².